The van der Waals surface area contributed by atoms with Crippen LogP contribution in [-0.2, 0) is 15.8 Å². The third kappa shape index (κ3) is 4.90. The number of rotatable bonds is 7. The molecule has 1 aliphatic heterocycles. The fourth-order valence-electron chi connectivity index (χ4n) is 3.43. The molecular weight excluding hydrogens is 351 g/mol. The van der Waals surface area contributed by atoms with Gasteiger partial charge < -0.3 is 0 Å². The van der Waals surface area contributed by atoms with Gasteiger partial charge in [0.2, 0.25) is 10.0 Å². The molecule has 2 aromatic carbocycles. The number of aryl methyl sites for hydroxylation is 1. The van der Waals surface area contributed by atoms with Crippen LogP contribution in [0.15, 0.2) is 48.5 Å². The molecule has 26 heavy (non-hydrogen) atoms. The lowest BCUT2D eigenvalue weighted by atomic mass is 10.1. The topological polar surface area (TPSA) is 49.4 Å². The molecule has 1 N–H and O–H groups in total. The molecule has 0 aromatic heterocycles. The maximum Gasteiger partial charge on any atom is 0.215 e. The standard InChI is InChI=1S/C20H25FN2O2S/c1-16-6-2-3-7-18(16)15-26(24,25)22-14-20(23-12-4-5-13-23)17-8-10-19(21)11-9-17/h2-3,6-11,20,22H,4-5,12-15H2,1H3. The Morgan fingerprint density at radius 1 is 1.08 bits per heavy atom. The van der Waals surface area contributed by atoms with E-state index in [-0.39, 0.29) is 17.6 Å². The Morgan fingerprint density at radius 3 is 2.38 bits per heavy atom. The van der Waals surface area contributed by atoms with Crippen molar-refractivity contribution in [2.24, 2.45) is 0 Å². The summed E-state index contributed by atoms with van der Waals surface area (Å²) in [6, 6.07) is 13.8. The predicted octanol–water partition coefficient (Wildman–Crippen LogP) is 3.39. The molecule has 2 aromatic rings. The third-order valence-electron chi connectivity index (χ3n) is 4.94. The second kappa shape index (κ2) is 8.29. The second-order valence-corrected chi connectivity index (χ2v) is 8.65. The monoisotopic (exact) mass is 376 g/mol. The smallest absolute Gasteiger partial charge is 0.215 e. The van der Waals surface area contributed by atoms with E-state index in [1.54, 1.807) is 12.1 Å². The molecule has 6 heteroatoms. The molecule has 0 amide bonds. The van der Waals surface area contributed by atoms with Crippen LogP contribution in [0.25, 0.3) is 0 Å². The molecule has 140 valence electrons. The van der Waals surface area contributed by atoms with Crippen molar-refractivity contribution in [2.45, 2.75) is 31.6 Å². The van der Waals surface area contributed by atoms with Crippen LogP contribution in [0.5, 0.6) is 0 Å². The van der Waals surface area contributed by atoms with E-state index in [1.807, 2.05) is 31.2 Å². The first-order chi connectivity index (χ1) is 12.4. The molecule has 3 rings (SSSR count). The zero-order valence-electron chi connectivity index (χ0n) is 15.0. The van der Waals surface area contributed by atoms with Crippen molar-refractivity contribution in [3.8, 4) is 0 Å². The van der Waals surface area contributed by atoms with Gasteiger partial charge in [-0.05, 0) is 61.7 Å². The Morgan fingerprint density at radius 2 is 1.73 bits per heavy atom. The van der Waals surface area contributed by atoms with Crippen LogP contribution in [0.4, 0.5) is 4.39 Å². The number of hydrogen-bond donors (Lipinski definition) is 1. The van der Waals surface area contributed by atoms with Crippen LogP contribution in [0.3, 0.4) is 0 Å². The number of hydrogen-bond acceptors (Lipinski definition) is 3. The molecule has 1 heterocycles. The van der Waals surface area contributed by atoms with Crippen LogP contribution in [0, 0.1) is 12.7 Å². The lowest BCUT2D eigenvalue weighted by molar-refractivity contribution is 0.246. The molecule has 0 aliphatic carbocycles. The molecule has 0 spiro atoms. The van der Waals surface area contributed by atoms with Crippen molar-refractivity contribution in [1.29, 1.82) is 0 Å². The van der Waals surface area contributed by atoms with Crippen LogP contribution in [0.2, 0.25) is 0 Å². The first-order valence-electron chi connectivity index (χ1n) is 8.96. The molecule has 1 unspecified atom stereocenters. The van der Waals surface area contributed by atoms with E-state index in [4.69, 9.17) is 0 Å². The fraction of sp³-hybridized carbons (Fsp3) is 0.400. The summed E-state index contributed by atoms with van der Waals surface area (Å²) >= 11 is 0. The van der Waals surface area contributed by atoms with Crippen molar-refractivity contribution in [3.05, 3.63) is 71.0 Å². The first-order valence-corrected chi connectivity index (χ1v) is 10.6. The summed E-state index contributed by atoms with van der Waals surface area (Å²) in [5, 5.41) is 0. The molecule has 0 saturated carbocycles. The zero-order chi connectivity index (χ0) is 18.6. The highest BCUT2D eigenvalue weighted by atomic mass is 32.2. The van der Waals surface area contributed by atoms with Gasteiger partial charge >= 0.3 is 0 Å². The summed E-state index contributed by atoms with van der Waals surface area (Å²) in [5.74, 6) is -0.315. The summed E-state index contributed by atoms with van der Waals surface area (Å²) in [6.45, 7) is 4.07. The van der Waals surface area contributed by atoms with Crippen LogP contribution in [0.1, 0.15) is 35.6 Å². The summed E-state index contributed by atoms with van der Waals surface area (Å²) in [5.41, 5.74) is 2.71. The van der Waals surface area contributed by atoms with Gasteiger partial charge in [0.1, 0.15) is 5.82 Å². The van der Waals surface area contributed by atoms with Gasteiger partial charge in [0.05, 0.1) is 5.75 Å². The number of likely N-dealkylation sites (tertiary alicyclic amines) is 1. The van der Waals surface area contributed by atoms with Crippen molar-refractivity contribution >= 4 is 10.0 Å². The van der Waals surface area contributed by atoms with E-state index in [0.29, 0.717) is 6.54 Å². The molecule has 1 atom stereocenters. The van der Waals surface area contributed by atoms with Gasteiger partial charge in [0.15, 0.2) is 0 Å². The number of nitrogens with zero attached hydrogens (tertiary/aromatic N) is 1. The van der Waals surface area contributed by atoms with Gasteiger partial charge in [0.25, 0.3) is 0 Å². The molecule has 1 saturated heterocycles. The maximum atomic E-state index is 13.3. The number of sulfonamides is 1. The van der Waals surface area contributed by atoms with E-state index < -0.39 is 10.0 Å². The maximum absolute atomic E-state index is 13.3. The Labute approximate surface area is 155 Å². The summed E-state index contributed by atoms with van der Waals surface area (Å²) in [4.78, 5) is 2.27. The predicted molar refractivity (Wildman–Crippen MR) is 102 cm³/mol. The molecule has 0 radical (unpaired) electrons. The number of benzene rings is 2. The van der Waals surface area contributed by atoms with Gasteiger partial charge in [-0.25, -0.2) is 17.5 Å². The lowest BCUT2D eigenvalue weighted by Gasteiger charge is -2.28. The van der Waals surface area contributed by atoms with E-state index in [2.05, 4.69) is 9.62 Å². The van der Waals surface area contributed by atoms with Crippen molar-refractivity contribution in [2.75, 3.05) is 19.6 Å². The molecule has 4 nitrogen and oxygen atoms in total. The Kier molecular flexibility index (Phi) is 6.06. The van der Waals surface area contributed by atoms with Crippen LogP contribution < -0.4 is 4.72 Å². The molecule has 0 bridgehead atoms. The lowest BCUT2D eigenvalue weighted by Crippen LogP contribution is -2.37. The van der Waals surface area contributed by atoms with E-state index >= 15 is 0 Å². The normalized spacial score (nSPS) is 16.7. The Hall–Kier alpha value is -1.76. The minimum atomic E-state index is -3.45. The fourth-order valence-corrected chi connectivity index (χ4v) is 4.68. The average molecular weight is 376 g/mol. The molecule has 1 aliphatic rings. The highest BCUT2D eigenvalue weighted by Gasteiger charge is 2.25. The Bertz CT molecular complexity index is 831. The van der Waals surface area contributed by atoms with Crippen molar-refractivity contribution in [1.82, 2.24) is 9.62 Å². The largest absolute Gasteiger partial charge is 0.295 e. The summed E-state index contributed by atoms with van der Waals surface area (Å²) in [7, 11) is -3.45. The van der Waals surface area contributed by atoms with E-state index in [0.717, 1.165) is 42.6 Å². The van der Waals surface area contributed by atoms with Gasteiger partial charge in [0, 0.05) is 12.6 Å². The first kappa shape index (κ1) is 19.0. The zero-order valence-corrected chi connectivity index (χ0v) is 15.8. The van der Waals surface area contributed by atoms with Gasteiger partial charge in [-0.3, -0.25) is 4.90 Å². The molecular formula is C20H25FN2O2S. The van der Waals surface area contributed by atoms with Crippen molar-refractivity contribution < 1.29 is 12.8 Å². The number of nitrogens with one attached hydrogen (secondary N) is 1. The Balaban J connectivity index is 1.72. The average Bonchev–Trinajstić information content (AvgIpc) is 3.13. The van der Waals surface area contributed by atoms with Gasteiger partial charge in [-0.2, -0.15) is 0 Å². The van der Waals surface area contributed by atoms with Crippen LogP contribution in [-0.4, -0.2) is 33.0 Å². The van der Waals surface area contributed by atoms with Gasteiger partial charge in [-0.1, -0.05) is 36.4 Å². The van der Waals surface area contributed by atoms with Crippen molar-refractivity contribution in [3.63, 3.8) is 0 Å². The van der Waals surface area contributed by atoms with E-state index in [1.165, 1.54) is 12.1 Å². The minimum absolute atomic E-state index is 0.0319. The SMILES string of the molecule is Cc1ccccc1CS(=O)(=O)NCC(c1ccc(F)cc1)N1CCCC1. The molecule has 1 fully saturated rings. The van der Waals surface area contributed by atoms with E-state index in [9.17, 15) is 12.8 Å². The minimum Gasteiger partial charge on any atom is -0.295 e. The summed E-state index contributed by atoms with van der Waals surface area (Å²) in [6.07, 6.45) is 2.21. The van der Waals surface area contributed by atoms with Crippen LogP contribution >= 0.6 is 0 Å². The highest BCUT2D eigenvalue weighted by molar-refractivity contribution is 7.88. The quantitative estimate of drug-likeness (QED) is 0.806. The van der Waals surface area contributed by atoms with Gasteiger partial charge in [-0.15, -0.1) is 0 Å². The number of halogens is 1. The highest BCUT2D eigenvalue weighted by Crippen LogP contribution is 2.25. The summed E-state index contributed by atoms with van der Waals surface area (Å²) < 4.78 is 41.2. The third-order valence-corrected chi connectivity index (χ3v) is 6.24. The second-order valence-electron chi connectivity index (χ2n) is 6.84.